The summed E-state index contributed by atoms with van der Waals surface area (Å²) in [5, 5.41) is 10.9. The second kappa shape index (κ2) is 5.13. The van der Waals surface area contributed by atoms with Gasteiger partial charge in [-0.25, -0.2) is 0 Å². The van der Waals surface area contributed by atoms with Crippen molar-refractivity contribution >= 4 is 18.3 Å². The van der Waals surface area contributed by atoms with Gasteiger partial charge in [0, 0.05) is 17.1 Å². The van der Waals surface area contributed by atoms with Crippen LogP contribution >= 0.6 is 12.4 Å². The molecule has 1 spiro atoms. The fourth-order valence-electron chi connectivity index (χ4n) is 3.08. The maximum absolute atomic E-state index is 12.4. The summed E-state index contributed by atoms with van der Waals surface area (Å²) < 4.78 is 1.83. The zero-order valence-corrected chi connectivity index (χ0v) is 12.2. The van der Waals surface area contributed by atoms with E-state index in [0.29, 0.717) is 0 Å². The van der Waals surface area contributed by atoms with Gasteiger partial charge in [-0.3, -0.25) is 9.48 Å². The van der Waals surface area contributed by atoms with E-state index in [1.807, 2.05) is 10.9 Å². The molecule has 1 aromatic rings. The molecule has 0 bridgehead atoms. The van der Waals surface area contributed by atoms with Crippen molar-refractivity contribution < 1.29 is 4.79 Å². The highest BCUT2D eigenvalue weighted by Crippen LogP contribution is 2.30. The number of fused-ring (bicyclic) bond motifs is 1. The molecule has 19 heavy (non-hydrogen) atoms. The molecule has 0 atom stereocenters. The Morgan fingerprint density at radius 1 is 1.37 bits per heavy atom. The second-order valence-electron chi connectivity index (χ2n) is 5.72. The summed E-state index contributed by atoms with van der Waals surface area (Å²) in [6.07, 6.45) is 4.80. The van der Waals surface area contributed by atoms with Crippen LogP contribution in [0.3, 0.4) is 0 Å². The minimum atomic E-state index is -0.0415. The van der Waals surface area contributed by atoms with E-state index >= 15 is 0 Å². The Bertz CT molecular complexity index is 477. The first-order valence-electron chi connectivity index (χ1n) is 6.71. The predicted octanol–water partition coefficient (Wildman–Crippen LogP) is 1.29. The third kappa shape index (κ3) is 2.37. The highest BCUT2D eigenvalue weighted by molar-refractivity contribution is 5.95. The van der Waals surface area contributed by atoms with Crippen molar-refractivity contribution in [3.63, 3.8) is 0 Å². The summed E-state index contributed by atoms with van der Waals surface area (Å²) in [4.78, 5) is 12.4. The topological polar surface area (TPSA) is 59.0 Å². The first-order valence-corrected chi connectivity index (χ1v) is 6.71. The Morgan fingerprint density at radius 3 is 2.68 bits per heavy atom. The van der Waals surface area contributed by atoms with Crippen molar-refractivity contribution in [2.75, 3.05) is 13.1 Å². The minimum Gasteiger partial charge on any atom is -0.345 e. The summed E-state index contributed by atoms with van der Waals surface area (Å²) in [6, 6.07) is 0.224. The summed E-state index contributed by atoms with van der Waals surface area (Å²) in [6.45, 7) is 6.06. The quantitative estimate of drug-likeness (QED) is 0.817. The zero-order chi connectivity index (χ0) is 12.8. The number of hydrogen-bond donors (Lipinski definition) is 2. The summed E-state index contributed by atoms with van der Waals surface area (Å²) in [5.74, 6) is 0.0457. The van der Waals surface area contributed by atoms with Gasteiger partial charge in [0.1, 0.15) is 5.69 Å². The zero-order valence-electron chi connectivity index (χ0n) is 11.4. The molecule has 106 valence electrons. The van der Waals surface area contributed by atoms with E-state index in [4.69, 9.17) is 0 Å². The van der Waals surface area contributed by atoms with Crippen molar-refractivity contribution in [2.24, 2.45) is 0 Å². The standard InChI is InChI=1S/C13H20N4O.ClH/c1-9(2)17-11-10(8-15-17)7-13(16-12(11)18)3-5-14-6-4-13;/h8-9,14H,3-7H2,1-2H3,(H,16,18);1H. The molecule has 2 N–H and O–H groups in total. The van der Waals surface area contributed by atoms with Gasteiger partial charge in [-0.05, 0) is 46.2 Å². The molecule has 1 saturated heterocycles. The lowest BCUT2D eigenvalue weighted by Crippen LogP contribution is -2.58. The third-order valence-corrected chi connectivity index (χ3v) is 4.04. The average molecular weight is 285 g/mol. The van der Waals surface area contributed by atoms with E-state index in [-0.39, 0.29) is 29.9 Å². The van der Waals surface area contributed by atoms with E-state index in [0.717, 1.165) is 43.6 Å². The van der Waals surface area contributed by atoms with E-state index in [1.165, 1.54) is 0 Å². The minimum absolute atomic E-state index is 0. The molecule has 5 nitrogen and oxygen atoms in total. The highest BCUT2D eigenvalue weighted by atomic mass is 35.5. The Kier molecular flexibility index (Phi) is 3.87. The number of halogens is 1. The molecule has 6 heteroatoms. The number of piperidine rings is 1. The van der Waals surface area contributed by atoms with Gasteiger partial charge in [-0.2, -0.15) is 5.10 Å². The lowest BCUT2D eigenvalue weighted by atomic mass is 9.80. The number of rotatable bonds is 1. The lowest BCUT2D eigenvalue weighted by molar-refractivity contribution is 0.0837. The van der Waals surface area contributed by atoms with Gasteiger partial charge in [0.05, 0.1) is 6.20 Å². The smallest absolute Gasteiger partial charge is 0.270 e. The molecular formula is C13H21ClN4O. The van der Waals surface area contributed by atoms with E-state index in [1.54, 1.807) is 0 Å². The van der Waals surface area contributed by atoms with E-state index in [9.17, 15) is 4.79 Å². The Hall–Kier alpha value is -1.07. The number of amides is 1. The molecule has 1 aromatic heterocycles. The van der Waals surface area contributed by atoms with Crippen LogP contribution in [-0.4, -0.2) is 34.3 Å². The van der Waals surface area contributed by atoms with Gasteiger partial charge in [0.25, 0.3) is 5.91 Å². The molecule has 3 heterocycles. The molecule has 3 rings (SSSR count). The molecule has 2 aliphatic heterocycles. The van der Waals surface area contributed by atoms with Crippen molar-refractivity contribution in [3.8, 4) is 0 Å². The van der Waals surface area contributed by atoms with Crippen molar-refractivity contribution in [1.29, 1.82) is 0 Å². The molecule has 0 unspecified atom stereocenters. The average Bonchev–Trinajstić information content (AvgIpc) is 2.73. The number of hydrogen-bond acceptors (Lipinski definition) is 3. The molecule has 1 amide bonds. The summed E-state index contributed by atoms with van der Waals surface area (Å²) in [7, 11) is 0. The predicted molar refractivity (Wildman–Crippen MR) is 75.9 cm³/mol. The number of carbonyl (C=O) groups excluding carboxylic acids is 1. The van der Waals surface area contributed by atoms with Gasteiger partial charge < -0.3 is 10.6 Å². The fraction of sp³-hybridized carbons (Fsp3) is 0.692. The first kappa shape index (κ1) is 14.3. The fourth-order valence-corrected chi connectivity index (χ4v) is 3.08. The molecule has 1 fully saturated rings. The molecule has 0 aliphatic carbocycles. The number of nitrogens with one attached hydrogen (secondary N) is 2. The lowest BCUT2D eigenvalue weighted by Gasteiger charge is -2.41. The second-order valence-corrected chi connectivity index (χ2v) is 5.72. The van der Waals surface area contributed by atoms with E-state index in [2.05, 4.69) is 29.6 Å². The molecule has 0 aromatic carbocycles. The van der Waals surface area contributed by atoms with Crippen LogP contribution in [-0.2, 0) is 6.42 Å². The summed E-state index contributed by atoms with van der Waals surface area (Å²) in [5.41, 5.74) is 1.82. The van der Waals surface area contributed by atoms with Crippen molar-refractivity contribution in [2.45, 2.75) is 44.7 Å². The van der Waals surface area contributed by atoms with Gasteiger partial charge in [0.15, 0.2) is 0 Å². The number of carbonyl (C=O) groups is 1. The molecular weight excluding hydrogens is 264 g/mol. The highest BCUT2D eigenvalue weighted by Gasteiger charge is 2.40. The van der Waals surface area contributed by atoms with Crippen LogP contribution < -0.4 is 10.6 Å². The van der Waals surface area contributed by atoms with Crippen molar-refractivity contribution in [1.82, 2.24) is 20.4 Å². The Balaban J connectivity index is 0.00000133. The number of aromatic nitrogens is 2. The van der Waals surface area contributed by atoms with Crippen LogP contribution in [0.5, 0.6) is 0 Å². The van der Waals surface area contributed by atoms with Crippen molar-refractivity contribution in [3.05, 3.63) is 17.5 Å². The summed E-state index contributed by atoms with van der Waals surface area (Å²) >= 11 is 0. The monoisotopic (exact) mass is 284 g/mol. The maximum Gasteiger partial charge on any atom is 0.270 e. The van der Waals surface area contributed by atoms with Gasteiger partial charge in [0.2, 0.25) is 0 Å². The molecule has 0 radical (unpaired) electrons. The Labute approximate surface area is 119 Å². The van der Waals surface area contributed by atoms with Crippen LogP contribution in [0.4, 0.5) is 0 Å². The van der Waals surface area contributed by atoms with Gasteiger partial charge >= 0.3 is 0 Å². The van der Waals surface area contributed by atoms with Gasteiger partial charge in [-0.1, -0.05) is 0 Å². The van der Waals surface area contributed by atoms with Crippen LogP contribution in [0.15, 0.2) is 6.20 Å². The van der Waals surface area contributed by atoms with Gasteiger partial charge in [-0.15, -0.1) is 12.4 Å². The first-order chi connectivity index (χ1) is 8.61. The number of nitrogens with zero attached hydrogens (tertiary/aromatic N) is 2. The van der Waals surface area contributed by atoms with Crippen LogP contribution in [0.2, 0.25) is 0 Å². The SMILES string of the molecule is CC(C)n1ncc2c1C(=O)NC1(CCNCC1)C2.Cl. The largest absolute Gasteiger partial charge is 0.345 e. The maximum atomic E-state index is 12.4. The van der Waals surface area contributed by atoms with E-state index < -0.39 is 0 Å². The van der Waals surface area contributed by atoms with Crippen LogP contribution in [0.25, 0.3) is 0 Å². The third-order valence-electron chi connectivity index (χ3n) is 4.04. The Morgan fingerprint density at radius 2 is 2.05 bits per heavy atom. The van der Waals surface area contributed by atoms with Crippen LogP contribution in [0, 0.1) is 0 Å². The normalized spacial score (nSPS) is 20.9. The molecule has 2 aliphatic rings. The molecule has 0 saturated carbocycles. The van der Waals surface area contributed by atoms with Crippen LogP contribution in [0.1, 0.15) is 48.8 Å².